The summed E-state index contributed by atoms with van der Waals surface area (Å²) in [4.78, 5) is 14.2. The highest BCUT2D eigenvalue weighted by Crippen LogP contribution is 2.19. The van der Waals surface area contributed by atoms with Crippen molar-refractivity contribution >= 4 is 5.91 Å². The van der Waals surface area contributed by atoms with Crippen molar-refractivity contribution in [3.8, 4) is 11.4 Å². The number of benzene rings is 2. The zero-order valence-electron chi connectivity index (χ0n) is 16.7. The molecular formula is C21H25N5O2. The Bertz CT molecular complexity index is 950. The number of aromatic nitrogens is 4. The van der Waals surface area contributed by atoms with Gasteiger partial charge in [-0.1, -0.05) is 24.3 Å². The minimum absolute atomic E-state index is 0.0518. The van der Waals surface area contributed by atoms with Crippen LogP contribution in [0, 0.1) is 20.8 Å². The maximum Gasteiger partial charge on any atom is 0.226 e. The molecule has 7 heteroatoms. The van der Waals surface area contributed by atoms with Gasteiger partial charge in [-0.25, -0.2) is 0 Å². The first-order valence-electron chi connectivity index (χ1n) is 9.22. The summed E-state index contributed by atoms with van der Waals surface area (Å²) in [7, 11) is 1.80. The number of hydrogen-bond donors (Lipinski definition) is 0. The van der Waals surface area contributed by atoms with Crippen molar-refractivity contribution < 1.29 is 9.53 Å². The number of tetrazole rings is 1. The summed E-state index contributed by atoms with van der Waals surface area (Å²) in [5.41, 5.74) is 4.07. The first kappa shape index (κ1) is 19.5. The molecule has 1 aromatic heterocycles. The lowest BCUT2D eigenvalue weighted by Crippen LogP contribution is -2.32. The number of hydrogen-bond acceptors (Lipinski definition) is 5. The van der Waals surface area contributed by atoms with Gasteiger partial charge in [-0.05, 0) is 66.1 Å². The molecule has 1 amide bonds. The monoisotopic (exact) mass is 379 g/mol. The van der Waals surface area contributed by atoms with Gasteiger partial charge >= 0.3 is 0 Å². The highest BCUT2D eigenvalue weighted by atomic mass is 16.5. The zero-order valence-corrected chi connectivity index (χ0v) is 16.7. The Kier molecular flexibility index (Phi) is 6.03. The van der Waals surface area contributed by atoms with E-state index >= 15 is 0 Å². The van der Waals surface area contributed by atoms with Crippen LogP contribution in [0.15, 0.2) is 42.5 Å². The topological polar surface area (TPSA) is 73.1 Å². The van der Waals surface area contributed by atoms with Gasteiger partial charge in [0.25, 0.3) is 0 Å². The number of carbonyl (C=O) groups excluding carboxylic acids is 1. The number of carbonyl (C=O) groups is 1. The Labute approximate surface area is 164 Å². The highest BCUT2D eigenvalue weighted by molar-refractivity contribution is 5.78. The number of likely N-dealkylation sites (N-methyl/N-ethyl adjacent to an activating group) is 1. The molecule has 3 rings (SSSR count). The average Bonchev–Trinajstić information content (AvgIpc) is 3.11. The normalized spacial score (nSPS) is 10.7. The van der Waals surface area contributed by atoms with Gasteiger partial charge in [0.1, 0.15) is 12.4 Å². The van der Waals surface area contributed by atoms with Crippen LogP contribution in [0.1, 0.15) is 22.5 Å². The van der Waals surface area contributed by atoms with Crippen LogP contribution in [0.2, 0.25) is 0 Å². The van der Waals surface area contributed by atoms with Crippen LogP contribution >= 0.6 is 0 Å². The molecule has 2 aromatic carbocycles. The lowest BCUT2D eigenvalue weighted by atomic mass is 10.1. The van der Waals surface area contributed by atoms with Crippen LogP contribution in [0.3, 0.4) is 0 Å². The standard InChI is InChI=1S/C21H25N5O2/c1-15-5-6-16(2)20(13-15)28-12-11-25(4)21(27)14-18-7-9-19(10-8-18)26-17(3)22-23-24-26/h5-10,13H,11-12,14H2,1-4H3. The lowest BCUT2D eigenvalue weighted by Gasteiger charge is -2.18. The molecule has 0 unspecified atom stereocenters. The summed E-state index contributed by atoms with van der Waals surface area (Å²) >= 11 is 0. The van der Waals surface area contributed by atoms with Gasteiger partial charge in [-0.3, -0.25) is 4.79 Å². The molecule has 0 saturated heterocycles. The Morgan fingerprint density at radius 1 is 1.11 bits per heavy atom. The highest BCUT2D eigenvalue weighted by Gasteiger charge is 2.11. The third-order valence-corrected chi connectivity index (χ3v) is 4.62. The van der Waals surface area contributed by atoms with Crippen LogP contribution < -0.4 is 4.74 Å². The largest absolute Gasteiger partial charge is 0.491 e. The van der Waals surface area contributed by atoms with E-state index in [4.69, 9.17) is 4.74 Å². The summed E-state index contributed by atoms with van der Waals surface area (Å²) in [6.45, 7) is 6.89. The summed E-state index contributed by atoms with van der Waals surface area (Å²) in [5.74, 6) is 1.64. The van der Waals surface area contributed by atoms with Gasteiger partial charge in [0.2, 0.25) is 5.91 Å². The van der Waals surface area contributed by atoms with E-state index in [1.807, 2.05) is 57.2 Å². The molecule has 0 N–H and O–H groups in total. The molecular weight excluding hydrogens is 354 g/mol. The number of aryl methyl sites for hydroxylation is 3. The van der Waals surface area contributed by atoms with Gasteiger partial charge in [0, 0.05) is 7.05 Å². The number of amides is 1. The molecule has 0 aliphatic carbocycles. The van der Waals surface area contributed by atoms with Crippen molar-refractivity contribution in [3.63, 3.8) is 0 Å². The van der Waals surface area contributed by atoms with Gasteiger partial charge in [-0.15, -0.1) is 5.10 Å². The molecule has 0 radical (unpaired) electrons. The van der Waals surface area contributed by atoms with E-state index in [1.165, 1.54) is 0 Å². The van der Waals surface area contributed by atoms with Gasteiger partial charge in [-0.2, -0.15) is 4.68 Å². The van der Waals surface area contributed by atoms with Crippen LogP contribution in [0.4, 0.5) is 0 Å². The Balaban J connectivity index is 1.51. The van der Waals surface area contributed by atoms with E-state index in [1.54, 1.807) is 16.6 Å². The maximum absolute atomic E-state index is 12.5. The van der Waals surface area contributed by atoms with Crippen molar-refractivity contribution in [1.29, 1.82) is 0 Å². The Morgan fingerprint density at radius 3 is 2.54 bits per heavy atom. The maximum atomic E-state index is 12.5. The molecule has 0 saturated carbocycles. The Hall–Kier alpha value is -3.22. The van der Waals surface area contributed by atoms with E-state index in [0.717, 1.165) is 28.1 Å². The van der Waals surface area contributed by atoms with E-state index in [9.17, 15) is 4.79 Å². The average molecular weight is 379 g/mol. The van der Waals surface area contributed by atoms with Gasteiger partial charge in [0.05, 0.1) is 18.7 Å². The SMILES string of the molecule is Cc1ccc(C)c(OCCN(C)C(=O)Cc2ccc(-n3nnnc3C)cc2)c1. The van der Waals surface area contributed by atoms with Crippen LogP contribution in [-0.2, 0) is 11.2 Å². The molecule has 0 spiro atoms. The Morgan fingerprint density at radius 2 is 1.86 bits per heavy atom. The molecule has 0 bridgehead atoms. The fraction of sp³-hybridized carbons (Fsp3) is 0.333. The molecule has 146 valence electrons. The fourth-order valence-electron chi connectivity index (χ4n) is 2.81. The van der Waals surface area contributed by atoms with E-state index in [0.29, 0.717) is 25.4 Å². The molecule has 7 nitrogen and oxygen atoms in total. The van der Waals surface area contributed by atoms with E-state index < -0.39 is 0 Å². The summed E-state index contributed by atoms with van der Waals surface area (Å²) < 4.78 is 7.50. The minimum atomic E-state index is 0.0518. The van der Waals surface area contributed by atoms with Crippen LogP contribution in [0.5, 0.6) is 5.75 Å². The van der Waals surface area contributed by atoms with Crippen molar-refractivity contribution in [2.45, 2.75) is 27.2 Å². The summed E-state index contributed by atoms with van der Waals surface area (Å²) in [6.07, 6.45) is 0.342. The second kappa shape index (κ2) is 8.65. The lowest BCUT2D eigenvalue weighted by molar-refractivity contribution is -0.129. The smallest absolute Gasteiger partial charge is 0.226 e. The number of nitrogens with zero attached hydrogens (tertiary/aromatic N) is 5. The van der Waals surface area contributed by atoms with E-state index in [2.05, 4.69) is 21.6 Å². The van der Waals surface area contributed by atoms with Gasteiger partial charge in [0.15, 0.2) is 5.82 Å². The second-order valence-corrected chi connectivity index (χ2v) is 6.91. The zero-order chi connectivity index (χ0) is 20.1. The molecule has 0 fully saturated rings. The van der Waals surface area contributed by atoms with Crippen molar-refractivity contribution in [1.82, 2.24) is 25.1 Å². The second-order valence-electron chi connectivity index (χ2n) is 6.91. The quantitative estimate of drug-likeness (QED) is 0.631. The molecule has 3 aromatic rings. The molecule has 1 heterocycles. The van der Waals surface area contributed by atoms with Crippen molar-refractivity contribution in [2.24, 2.45) is 0 Å². The van der Waals surface area contributed by atoms with Crippen molar-refractivity contribution in [2.75, 3.05) is 20.2 Å². The first-order chi connectivity index (χ1) is 13.4. The molecule has 28 heavy (non-hydrogen) atoms. The minimum Gasteiger partial charge on any atom is -0.491 e. The predicted molar refractivity (Wildman–Crippen MR) is 107 cm³/mol. The van der Waals surface area contributed by atoms with Crippen LogP contribution in [-0.4, -0.2) is 51.2 Å². The summed E-state index contributed by atoms with van der Waals surface area (Å²) in [5, 5.41) is 11.5. The van der Waals surface area contributed by atoms with Crippen molar-refractivity contribution in [3.05, 3.63) is 65.0 Å². The van der Waals surface area contributed by atoms with Gasteiger partial charge < -0.3 is 9.64 Å². The number of rotatable bonds is 7. The third-order valence-electron chi connectivity index (χ3n) is 4.62. The fourth-order valence-corrected chi connectivity index (χ4v) is 2.81. The summed E-state index contributed by atoms with van der Waals surface area (Å²) in [6, 6.07) is 13.8. The predicted octanol–water partition coefficient (Wildman–Crippen LogP) is 2.67. The van der Waals surface area contributed by atoms with E-state index in [-0.39, 0.29) is 5.91 Å². The number of ether oxygens (including phenoxy) is 1. The van der Waals surface area contributed by atoms with Crippen LogP contribution in [0.25, 0.3) is 5.69 Å². The third kappa shape index (κ3) is 4.73. The molecule has 0 aliphatic rings. The molecule has 0 atom stereocenters. The first-order valence-corrected chi connectivity index (χ1v) is 9.22. The molecule has 0 aliphatic heterocycles.